The molecule has 1 aromatic rings. The van der Waals surface area contributed by atoms with Crippen molar-refractivity contribution in [1.82, 2.24) is 20.9 Å². The first-order valence-electron chi connectivity index (χ1n) is 8.50. The number of piperazine rings is 1. The van der Waals surface area contributed by atoms with Crippen molar-refractivity contribution < 1.29 is 19.1 Å². The first kappa shape index (κ1) is 17.7. The molecule has 2 heterocycles. The van der Waals surface area contributed by atoms with E-state index in [1.54, 1.807) is 25.1 Å². The second kappa shape index (κ2) is 8.28. The average molecular weight is 348 g/mol. The molecule has 3 rings (SSSR count). The third-order valence-electron chi connectivity index (χ3n) is 4.32. The largest absolute Gasteiger partial charge is 0.454 e. The van der Waals surface area contributed by atoms with Crippen molar-refractivity contribution in [3.8, 4) is 11.5 Å². The molecule has 1 fully saturated rings. The Hall–Kier alpha value is -2.16. The second-order valence-corrected chi connectivity index (χ2v) is 6.16. The highest BCUT2D eigenvalue weighted by Crippen LogP contribution is 2.32. The van der Waals surface area contributed by atoms with Crippen molar-refractivity contribution in [1.29, 1.82) is 0 Å². The third-order valence-corrected chi connectivity index (χ3v) is 4.32. The SMILES string of the molecule is CC(NCNC(=O)CN1CCNCC1)C(=O)c1ccc2c(c1)OCO2. The van der Waals surface area contributed by atoms with Crippen molar-refractivity contribution in [2.75, 3.05) is 46.2 Å². The summed E-state index contributed by atoms with van der Waals surface area (Å²) in [5.74, 6) is 1.13. The van der Waals surface area contributed by atoms with Gasteiger partial charge in [0, 0.05) is 31.7 Å². The Morgan fingerprint density at radius 2 is 2.00 bits per heavy atom. The fraction of sp³-hybridized carbons (Fsp3) is 0.529. The minimum atomic E-state index is -0.417. The van der Waals surface area contributed by atoms with Crippen LogP contribution < -0.4 is 25.4 Å². The van der Waals surface area contributed by atoms with Gasteiger partial charge in [-0.3, -0.25) is 19.8 Å². The average Bonchev–Trinajstić information content (AvgIpc) is 3.09. The van der Waals surface area contributed by atoms with Crippen LogP contribution in [-0.4, -0.2) is 68.8 Å². The molecule has 1 atom stereocenters. The zero-order valence-corrected chi connectivity index (χ0v) is 14.3. The Balaban J connectivity index is 1.41. The number of Topliss-reactive ketones (excluding diaryl/α,β-unsaturated/α-hetero) is 1. The van der Waals surface area contributed by atoms with Crippen LogP contribution in [0.5, 0.6) is 11.5 Å². The van der Waals surface area contributed by atoms with Crippen molar-refractivity contribution in [2.24, 2.45) is 0 Å². The topological polar surface area (TPSA) is 91.9 Å². The standard InChI is InChI=1S/C17H24N4O4/c1-12(17(23)13-2-3-14-15(8-13)25-11-24-14)19-10-20-16(22)9-21-6-4-18-5-7-21/h2-3,8,12,18-19H,4-7,9-11H2,1H3,(H,20,22). The van der Waals surface area contributed by atoms with Gasteiger partial charge in [0.15, 0.2) is 17.3 Å². The minimum Gasteiger partial charge on any atom is -0.454 e. The number of hydrogen-bond acceptors (Lipinski definition) is 7. The van der Waals surface area contributed by atoms with E-state index in [0.717, 1.165) is 26.2 Å². The van der Waals surface area contributed by atoms with Crippen LogP contribution in [0.15, 0.2) is 18.2 Å². The van der Waals surface area contributed by atoms with Gasteiger partial charge in [-0.05, 0) is 25.1 Å². The monoisotopic (exact) mass is 348 g/mol. The second-order valence-electron chi connectivity index (χ2n) is 6.16. The molecule has 8 nitrogen and oxygen atoms in total. The number of rotatable bonds is 7. The maximum Gasteiger partial charge on any atom is 0.235 e. The summed E-state index contributed by atoms with van der Waals surface area (Å²) in [5, 5.41) is 9.08. The van der Waals surface area contributed by atoms with Crippen LogP contribution >= 0.6 is 0 Å². The van der Waals surface area contributed by atoms with Crippen molar-refractivity contribution in [3.05, 3.63) is 23.8 Å². The van der Waals surface area contributed by atoms with Gasteiger partial charge in [-0.2, -0.15) is 0 Å². The molecule has 1 saturated heterocycles. The molecule has 1 unspecified atom stereocenters. The zero-order chi connectivity index (χ0) is 17.6. The van der Waals surface area contributed by atoms with E-state index in [4.69, 9.17) is 9.47 Å². The number of hydrogen-bond donors (Lipinski definition) is 3. The predicted molar refractivity (Wildman–Crippen MR) is 91.8 cm³/mol. The number of nitrogens with one attached hydrogen (secondary N) is 3. The highest BCUT2D eigenvalue weighted by molar-refractivity contribution is 6.00. The first-order chi connectivity index (χ1) is 12.1. The fourth-order valence-corrected chi connectivity index (χ4v) is 2.82. The van der Waals surface area contributed by atoms with Gasteiger partial charge in [0.2, 0.25) is 12.7 Å². The van der Waals surface area contributed by atoms with Gasteiger partial charge in [0.05, 0.1) is 19.3 Å². The van der Waals surface area contributed by atoms with E-state index in [9.17, 15) is 9.59 Å². The Bertz CT molecular complexity index is 631. The summed E-state index contributed by atoms with van der Waals surface area (Å²) < 4.78 is 10.5. The van der Waals surface area contributed by atoms with Crippen molar-refractivity contribution >= 4 is 11.7 Å². The van der Waals surface area contributed by atoms with E-state index in [1.165, 1.54) is 0 Å². The first-order valence-corrected chi connectivity index (χ1v) is 8.50. The highest BCUT2D eigenvalue weighted by Gasteiger charge is 2.20. The van der Waals surface area contributed by atoms with Crippen LogP contribution in [0.3, 0.4) is 0 Å². The van der Waals surface area contributed by atoms with Crippen LogP contribution in [0.4, 0.5) is 0 Å². The van der Waals surface area contributed by atoms with Crippen LogP contribution in [-0.2, 0) is 4.79 Å². The van der Waals surface area contributed by atoms with Crippen LogP contribution in [0, 0.1) is 0 Å². The lowest BCUT2D eigenvalue weighted by Gasteiger charge is -2.26. The van der Waals surface area contributed by atoms with Crippen LogP contribution in [0.1, 0.15) is 17.3 Å². The molecule has 0 saturated carbocycles. The summed E-state index contributed by atoms with van der Waals surface area (Å²) in [6, 6.07) is 4.72. The summed E-state index contributed by atoms with van der Waals surface area (Å²) in [5.41, 5.74) is 0.552. The molecule has 1 aromatic carbocycles. The highest BCUT2D eigenvalue weighted by atomic mass is 16.7. The molecule has 1 amide bonds. The van der Waals surface area contributed by atoms with E-state index >= 15 is 0 Å². The normalized spacial score (nSPS) is 18.0. The molecular weight excluding hydrogens is 324 g/mol. The molecule has 136 valence electrons. The molecule has 2 aliphatic heterocycles. The number of benzene rings is 1. The molecular formula is C17H24N4O4. The molecule has 0 bridgehead atoms. The Morgan fingerprint density at radius 1 is 1.24 bits per heavy atom. The van der Waals surface area contributed by atoms with E-state index in [-0.39, 0.29) is 25.2 Å². The summed E-state index contributed by atoms with van der Waals surface area (Å²) in [7, 11) is 0. The van der Waals surface area contributed by atoms with Crippen molar-refractivity contribution in [3.63, 3.8) is 0 Å². The van der Waals surface area contributed by atoms with E-state index in [1.807, 2.05) is 0 Å². The molecule has 8 heteroatoms. The molecule has 2 aliphatic rings. The number of nitrogens with zero attached hydrogens (tertiary/aromatic N) is 1. The third kappa shape index (κ3) is 4.68. The molecule has 0 spiro atoms. The number of fused-ring (bicyclic) bond motifs is 1. The van der Waals surface area contributed by atoms with Crippen LogP contribution in [0.2, 0.25) is 0 Å². The maximum atomic E-state index is 12.5. The fourth-order valence-electron chi connectivity index (χ4n) is 2.82. The summed E-state index contributed by atoms with van der Waals surface area (Å²) in [6.45, 7) is 6.16. The van der Waals surface area contributed by atoms with E-state index in [2.05, 4.69) is 20.9 Å². The lowest BCUT2D eigenvalue weighted by molar-refractivity contribution is -0.122. The summed E-state index contributed by atoms with van der Waals surface area (Å²) >= 11 is 0. The Morgan fingerprint density at radius 3 is 2.80 bits per heavy atom. The van der Waals surface area contributed by atoms with Crippen LogP contribution in [0.25, 0.3) is 0 Å². The minimum absolute atomic E-state index is 0.0443. The van der Waals surface area contributed by atoms with Gasteiger partial charge in [-0.15, -0.1) is 0 Å². The number of amides is 1. The Kier molecular flexibility index (Phi) is 5.85. The summed E-state index contributed by atoms with van der Waals surface area (Å²) in [4.78, 5) is 26.5. The molecule has 0 radical (unpaired) electrons. The van der Waals surface area contributed by atoms with Crippen molar-refractivity contribution in [2.45, 2.75) is 13.0 Å². The number of ether oxygens (including phenoxy) is 2. The predicted octanol–water partition coefficient (Wildman–Crippen LogP) is -0.445. The number of ketones is 1. The van der Waals surface area contributed by atoms with Gasteiger partial charge in [0.25, 0.3) is 0 Å². The lowest BCUT2D eigenvalue weighted by Crippen LogP contribution is -2.49. The number of carbonyl (C=O) groups excluding carboxylic acids is 2. The zero-order valence-electron chi connectivity index (χ0n) is 14.3. The molecule has 3 N–H and O–H groups in total. The Labute approximate surface area is 146 Å². The molecule has 25 heavy (non-hydrogen) atoms. The van der Waals surface area contributed by atoms with Gasteiger partial charge in [0.1, 0.15) is 0 Å². The lowest BCUT2D eigenvalue weighted by atomic mass is 10.1. The van der Waals surface area contributed by atoms with Gasteiger partial charge >= 0.3 is 0 Å². The quantitative estimate of drug-likeness (QED) is 0.454. The van der Waals surface area contributed by atoms with E-state index < -0.39 is 6.04 Å². The van der Waals surface area contributed by atoms with E-state index in [0.29, 0.717) is 23.6 Å². The molecule has 0 aromatic heterocycles. The molecule has 0 aliphatic carbocycles. The van der Waals surface area contributed by atoms with Gasteiger partial charge < -0.3 is 20.1 Å². The van der Waals surface area contributed by atoms with Gasteiger partial charge in [-0.1, -0.05) is 0 Å². The van der Waals surface area contributed by atoms with Gasteiger partial charge in [-0.25, -0.2) is 0 Å². The number of carbonyl (C=O) groups is 2. The summed E-state index contributed by atoms with van der Waals surface area (Å²) in [6.07, 6.45) is 0. The maximum absolute atomic E-state index is 12.5. The smallest absolute Gasteiger partial charge is 0.235 e.